The van der Waals surface area contributed by atoms with Gasteiger partial charge in [-0.1, -0.05) is 132 Å². The molecule has 0 heterocycles. The normalized spacial score (nSPS) is 11.9. The average molecular weight is 454 g/mol. The van der Waals surface area contributed by atoms with Gasteiger partial charge in [0.05, 0.1) is 13.0 Å². The summed E-state index contributed by atoms with van der Waals surface area (Å²) in [5, 5.41) is 9.76. The molecule has 0 aliphatic heterocycles. The minimum Gasteiger partial charge on any atom is -0.392 e. The van der Waals surface area contributed by atoms with Gasteiger partial charge >= 0.3 is 0 Å². The summed E-state index contributed by atoms with van der Waals surface area (Å²) in [5.41, 5.74) is 5.41. The van der Waals surface area contributed by atoms with Crippen molar-refractivity contribution in [2.75, 3.05) is 0 Å². The fourth-order valence-electron chi connectivity index (χ4n) is 4.22. The van der Waals surface area contributed by atoms with Gasteiger partial charge in [-0.2, -0.15) is 0 Å². The molecule has 0 fully saturated rings. The summed E-state index contributed by atoms with van der Waals surface area (Å²) in [5.74, 6) is -0.161. The average Bonchev–Trinajstić information content (AvgIpc) is 2.85. The quantitative estimate of drug-likeness (QED) is 0.185. The van der Waals surface area contributed by atoms with E-state index in [0.29, 0.717) is 0 Å². The van der Waals surface area contributed by atoms with Crippen molar-refractivity contribution in [2.24, 2.45) is 0 Å². The predicted molar refractivity (Wildman–Crippen MR) is 136 cm³/mol. The van der Waals surface area contributed by atoms with Crippen LogP contribution in [-0.2, 0) is 22.7 Å². The Morgan fingerprint density at radius 2 is 1.39 bits per heavy atom. The van der Waals surface area contributed by atoms with Crippen LogP contribution >= 0.6 is 0 Å². The van der Waals surface area contributed by atoms with Crippen LogP contribution in [0, 0.1) is 0 Å². The maximum Gasteiger partial charge on any atom is 0.247 e. The SMILES string of the molecule is CCCCCCCCCCCCCC(ONC(=O)Cc1ccccc1)c1ccccc1CO. The van der Waals surface area contributed by atoms with E-state index in [9.17, 15) is 9.90 Å². The zero-order valence-electron chi connectivity index (χ0n) is 20.4. The van der Waals surface area contributed by atoms with Crippen molar-refractivity contribution in [2.45, 2.75) is 103 Å². The molecule has 2 N–H and O–H groups in total. The summed E-state index contributed by atoms with van der Waals surface area (Å²) >= 11 is 0. The van der Waals surface area contributed by atoms with Crippen LogP contribution in [-0.4, -0.2) is 11.0 Å². The largest absolute Gasteiger partial charge is 0.392 e. The van der Waals surface area contributed by atoms with Gasteiger partial charge in [-0.25, -0.2) is 5.48 Å². The molecule has 1 atom stereocenters. The van der Waals surface area contributed by atoms with E-state index in [2.05, 4.69) is 12.4 Å². The third-order valence-electron chi connectivity index (χ3n) is 6.16. The molecule has 4 nitrogen and oxygen atoms in total. The number of unbranched alkanes of at least 4 members (excludes halogenated alkanes) is 10. The highest BCUT2D eigenvalue weighted by Gasteiger charge is 2.17. The summed E-state index contributed by atoms with van der Waals surface area (Å²) in [6.07, 6.45) is 15.1. The fourth-order valence-corrected chi connectivity index (χ4v) is 4.22. The van der Waals surface area contributed by atoms with E-state index in [0.717, 1.165) is 36.0 Å². The van der Waals surface area contributed by atoms with Crippen LogP contribution in [0.2, 0.25) is 0 Å². The molecule has 4 heteroatoms. The number of hydrogen-bond donors (Lipinski definition) is 2. The number of hydroxylamine groups is 1. The first kappa shape index (κ1) is 27.1. The van der Waals surface area contributed by atoms with E-state index in [1.807, 2.05) is 54.6 Å². The topological polar surface area (TPSA) is 58.6 Å². The predicted octanol–water partition coefficient (Wildman–Crippen LogP) is 7.21. The molecular weight excluding hydrogens is 410 g/mol. The van der Waals surface area contributed by atoms with Gasteiger partial charge in [-0.3, -0.25) is 9.63 Å². The minimum absolute atomic E-state index is 0.0355. The Bertz CT molecular complexity index is 762. The van der Waals surface area contributed by atoms with Crippen molar-refractivity contribution in [3.8, 4) is 0 Å². The van der Waals surface area contributed by atoms with Gasteiger partial charge in [0.25, 0.3) is 0 Å². The number of hydrogen-bond acceptors (Lipinski definition) is 3. The Morgan fingerprint density at radius 3 is 2.03 bits per heavy atom. The van der Waals surface area contributed by atoms with Gasteiger partial charge in [0.15, 0.2) is 0 Å². The lowest BCUT2D eigenvalue weighted by Gasteiger charge is -2.20. The molecule has 0 aliphatic rings. The molecule has 33 heavy (non-hydrogen) atoms. The highest BCUT2D eigenvalue weighted by atomic mass is 16.7. The summed E-state index contributed by atoms with van der Waals surface area (Å²) in [6.45, 7) is 2.23. The van der Waals surface area contributed by atoms with Crippen molar-refractivity contribution in [3.63, 3.8) is 0 Å². The molecule has 2 aromatic rings. The summed E-state index contributed by atoms with van der Waals surface area (Å²) in [4.78, 5) is 18.3. The lowest BCUT2D eigenvalue weighted by Crippen LogP contribution is -2.28. The van der Waals surface area contributed by atoms with Crippen LogP contribution in [0.4, 0.5) is 0 Å². The van der Waals surface area contributed by atoms with Crippen molar-refractivity contribution >= 4 is 5.91 Å². The van der Waals surface area contributed by atoms with Crippen LogP contribution in [0.5, 0.6) is 0 Å². The Labute approximate surface area is 200 Å². The number of benzene rings is 2. The molecule has 0 aromatic heterocycles. The second-order valence-corrected chi connectivity index (χ2v) is 8.98. The third kappa shape index (κ3) is 11.5. The first-order chi connectivity index (χ1) is 16.2. The number of amides is 1. The number of nitrogens with one attached hydrogen (secondary N) is 1. The Morgan fingerprint density at radius 1 is 0.818 bits per heavy atom. The van der Waals surface area contributed by atoms with E-state index in [1.54, 1.807) is 0 Å². The first-order valence-electron chi connectivity index (χ1n) is 12.9. The second-order valence-electron chi connectivity index (χ2n) is 8.98. The lowest BCUT2D eigenvalue weighted by atomic mass is 9.97. The van der Waals surface area contributed by atoms with E-state index in [1.165, 1.54) is 57.8 Å². The number of carbonyl (C=O) groups excluding carboxylic acids is 1. The minimum atomic E-state index is -0.258. The highest BCUT2D eigenvalue weighted by Crippen LogP contribution is 2.27. The molecule has 0 bridgehead atoms. The molecule has 0 saturated carbocycles. The summed E-state index contributed by atoms with van der Waals surface area (Å²) in [7, 11) is 0. The van der Waals surface area contributed by atoms with Crippen LogP contribution < -0.4 is 5.48 Å². The fraction of sp³-hybridized carbons (Fsp3) is 0.552. The van der Waals surface area contributed by atoms with Crippen LogP contribution in [0.25, 0.3) is 0 Å². The molecule has 0 saturated heterocycles. The van der Waals surface area contributed by atoms with Crippen molar-refractivity contribution in [3.05, 3.63) is 71.3 Å². The van der Waals surface area contributed by atoms with Crippen LogP contribution in [0.15, 0.2) is 54.6 Å². The zero-order chi connectivity index (χ0) is 23.6. The van der Waals surface area contributed by atoms with E-state index in [4.69, 9.17) is 4.84 Å². The zero-order valence-corrected chi connectivity index (χ0v) is 20.4. The summed E-state index contributed by atoms with van der Waals surface area (Å²) in [6, 6.07) is 17.4. The molecule has 0 aliphatic carbocycles. The molecule has 0 radical (unpaired) electrons. The molecule has 1 amide bonds. The third-order valence-corrected chi connectivity index (χ3v) is 6.16. The van der Waals surface area contributed by atoms with Gasteiger partial charge in [-0.15, -0.1) is 0 Å². The number of rotatable bonds is 18. The number of aliphatic hydroxyl groups excluding tert-OH is 1. The first-order valence-corrected chi connectivity index (χ1v) is 12.9. The smallest absolute Gasteiger partial charge is 0.247 e. The van der Waals surface area contributed by atoms with Crippen LogP contribution in [0.3, 0.4) is 0 Å². The highest BCUT2D eigenvalue weighted by molar-refractivity contribution is 5.77. The van der Waals surface area contributed by atoms with Crippen molar-refractivity contribution < 1.29 is 14.7 Å². The Hall–Kier alpha value is -2.17. The maximum atomic E-state index is 12.4. The molecule has 2 aromatic carbocycles. The maximum absolute atomic E-state index is 12.4. The molecule has 0 spiro atoms. The number of carbonyl (C=O) groups is 1. The van der Waals surface area contributed by atoms with Gasteiger partial charge in [0.1, 0.15) is 6.10 Å². The second kappa shape index (κ2) is 17.3. The van der Waals surface area contributed by atoms with Crippen molar-refractivity contribution in [1.82, 2.24) is 5.48 Å². The Kier molecular flexibility index (Phi) is 14.2. The lowest BCUT2D eigenvalue weighted by molar-refractivity contribution is -0.138. The molecular formula is C29H43NO3. The van der Waals surface area contributed by atoms with Gasteiger partial charge in [-0.05, 0) is 23.1 Å². The molecule has 182 valence electrons. The Balaban J connectivity index is 1.75. The summed E-state index contributed by atoms with van der Waals surface area (Å²) < 4.78 is 0. The van der Waals surface area contributed by atoms with Crippen LogP contribution in [0.1, 0.15) is 107 Å². The molecule has 2 rings (SSSR count). The monoisotopic (exact) mass is 453 g/mol. The van der Waals surface area contributed by atoms with Crippen molar-refractivity contribution in [1.29, 1.82) is 0 Å². The van der Waals surface area contributed by atoms with E-state index < -0.39 is 0 Å². The molecule has 1 unspecified atom stereocenters. The van der Waals surface area contributed by atoms with Gasteiger partial charge in [0, 0.05) is 0 Å². The standard InChI is InChI=1S/C29H43NO3/c1-2-3-4-5-6-7-8-9-10-11-15-22-28(27-21-17-16-20-26(27)24-31)33-30-29(32)23-25-18-13-12-14-19-25/h12-14,16-21,28,31H,2-11,15,22-24H2,1H3,(H,30,32). The van der Waals surface area contributed by atoms with E-state index in [-0.39, 0.29) is 25.0 Å². The van der Waals surface area contributed by atoms with Gasteiger partial charge < -0.3 is 5.11 Å². The van der Waals surface area contributed by atoms with Gasteiger partial charge in [0.2, 0.25) is 5.91 Å². The number of aliphatic hydroxyl groups is 1. The van der Waals surface area contributed by atoms with E-state index >= 15 is 0 Å².